The van der Waals surface area contributed by atoms with Crippen molar-refractivity contribution in [2.45, 2.75) is 25.7 Å². The third-order valence-electron chi connectivity index (χ3n) is 3.48. The van der Waals surface area contributed by atoms with E-state index in [1.807, 2.05) is 5.38 Å². The maximum absolute atomic E-state index is 13.4. The van der Waals surface area contributed by atoms with Crippen molar-refractivity contribution in [3.05, 3.63) is 50.4 Å². The van der Waals surface area contributed by atoms with Gasteiger partial charge in [-0.1, -0.05) is 11.6 Å². The van der Waals surface area contributed by atoms with Gasteiger partial charge in [-0.3, -0.25) is 4.79 Å². The lowest BCUT2D eigenvalue weighted by Crippen LogP contribution is -2.14. The molecule has 0 saturated heterocycles. The summed E-state index contributed by atoms with van der Waals surface area (Å²) >= 11 is 7.27. The zero-order valence-electron chi connectivity index (χ0n) is 10.7. The fourth-order valence-electron chi connectivity index (χ4n) is 2.46. The van der Waals surface area contributed by atoms with Crippen LogP contribution in [0.1, 0.15) is 33.6 Å². The van der Waals surface area contributed by atoms with Crippen LogP contribution in [-0.4, -0.2) is 5.91 Å². The average Bonchev–Trinajstić information content (AvgIpc) is 2.87. The van der Waals surface area contributed by atoms with Gasteiger partial charge in [0, 0.05) is 15.9 Å². The fourth-order valence-corrected chi connectivity index (χ4v) is 3.70. The number of halogens is 2. The van der Waals surface area contributed by atoms with Crippen LogP contribution in [0.3, 0.4) is 0 Å². The molecule has 1 N–H and O–H groups in total. The second kappa shape index (κ2) is 5.54. The average molecular weight is 310 g/mol. The van der Waals surface area contributed by atoms with Gasteiger partial charge in [0.1, 0.15) is 5.82 Å². The van der Waals surface area contributed by atoms with Gasteiger partial charge in [-0.15, -0.1) is 11.3 Å². The summed E-state index contributed by atoms with van der Waals surface area (Å²) in [5.74, 6) is -0.706. The molecule has 0 saturated carbocycles. The quantitative estimate of drug-likeness (QED) is 0.858. The zero-order chi connectivity index (χ0) is 14.1. The predicted octanol–water partition coefficient (Wildman–Crippen LogP) is 4.67. The van der Waals surface area contributed by atoms with E-state index in [1.165, 1.54) is 23.4 Å². The number of aryl methyl sites for hydroxylation is 1. The van der Waals surface area contributed by atoms with E-state index in [4.69, 9.17) is 11.6 Å². The molecule has 2 aromatic rings. The zero-order valence-corrected chi connectivity index (χ0v) is 12.3. The highest BCUT2D eigenvalue weighted by molar-refractivity contribution is 7.10. The lowest BCUT2D eigenvalue weighted by molar-refractivity contribution is 0.102. The Labute approximate surface area is 125 Å². The van der Waals surface area contributed by atoms with Gasteiger partial charge in [0.2, 0.25) is 0 Å². The van der Waals surface area contributed by atoms with Crippen molar-refractivity contribution in [2.75, 3.05) is 5.32 Å². The maximum Gasteiger partial charge on any atom is 0.256 e. The SMILES string of the molecule is O=C(Nc1ccc(Cl)c(F)c1)c1csc2c1CCCC2. The van der Waals surface area contributed by atoms with Gasteiger partial charge >= 0.3 is 0 Å². The first kappa shape index (κ1) is 13.6. The van der Waals surface area contributed by atoms with E-state index in [9.17, 15) is 9.18 Å². The van der Waals surface area contributed by atoms with Gasteiger partial charge < -0.3 is 5.32 Å². The van der Waals surface area contributed by atoms with Crippen LogP contribution in [0.25, 0.3) is 0 Å². The second-order valence-electron chi connectivity index (χ2n) is 4.84. The molecule has 1 heterocycles. The Hall–Kier alpha value is -1.39. The summed E-state index contributed by atoms with van der Waals surface area (Å²) in [6, 6.07) is 4.27. The van der Waals surface area contributed by atoms with Crippen LogP contribution >= 0.6 is 22.9 Å². The molecule has 1 amide bonds. The first-order valence-corrected chi connectivity index (χ1v) is 7.76. The van der Waals surface area contributed by atoms with E-state index >= 15 is 0 Å². The summed E-state index contributed by atoms with van der Waals surface area (Å²) < 4.78 is 13.4. The summed E-state index contributed by atoms with van der Waals surface area (Å²) in [5.41, 5.74) is 2.31. The van der Waals surface area contributed by atoms with Crippen LogP contribution in [0, 0.1) is 5.82 Å². The van der Waals surface area contributed by atoms with E-state index in [2.05, 4.69) is 5.32 Å². The molecule has 2 nitrogen and oxygen atoms in total. The van der Waals surface area contributed by atoms with Crippen molar-refractivity contribution in [1.82, 2.24) is 0 Å². The Balaban J connectivity index is 1.82. The number of amides is 1. The molecule has 20 heavy (non-hydrogen) atoms. The molecule has 1 aliphatic carbocycles. The molecule has 1 aromatic heterocycles. The van der Waals surface area contributed by atoms with Gasteiger partial charge in [0.25, 0.3) is 5.91 Å². The molecule has 1 aliphatic rings. The number of thiophene rings is 1. The number of carbonyl (C=O) groups excluding carboxylic acids is 1. The van der Waals surface area contributed by atoms with Crippen LogP contribution in [0.2, 0.25) is 5.02 Å². The van der Waals surface area contributed by atoms with Gasteiger partial charge in [0.05, 0.1) is 10.6 Å². The highest BCUT2D eigenvalue weighted by Gasteiger charge is 2.20. The molecular formula is C15H13ClFNOS. The molecule has 0 bridgehead atoms. The summed E-state index contributed by atoms with van der Waals surface area (Å²) in [5, 5.41) is 4.68. The van der Waals surface area contributed by atoms with Crippen LogP contribution < -0.4 is 5.32 Å². The number of benzene rings is 1. The maximum atomic E-state index is 13.4. The third-order valence-corrected chi connectivity index (χ3v) is 4.88. The van der Waals surface area contributed by atoms with Crippen LogP contribution in [0.5, 0.6) is 0 Å². The first-order valence-electron chi connectivity index (χ1n) is 6.51. The monoisotopic (exact) mass is 309 g/mol. The highest BCUT2D eigenvalue weighted by Crippen LogP contribution is 2.30. The van der Waals surface area contributed by atoms with E-state index in [1.54, 1.807) is 17.4 Å². The topological polar surface area (TPSA) is 29.1 Å². The van der Waals surface area contributed by atoms with Gasteiger partial charge in [0.15, 0.2) is 0 Å². The molecule has 0 radical (unpaired) electrons. The summed E-state index contributed by atoms with van der Waals surface area (Å²) in [7, 11) is 0. The summed E-state index contributed by atoms with van der Waals surface area (Å²) in [4.78, 5) is 13.6. The van der Waals surface area contributed by atoms with E-state index in [0.717, 1.165) is 30.4 Å². The Morgan fingerprint density at radius 3 is 2.90 bits per heavy atom. The molecule has 104 valence electrons. The van der Waals surface area contributed by atoms with Crippen molar-refractivity contribution in [2.24, 2.45) is 0 Å². The Kier molecular flexibility index (Phi) is 3.76. The number of hydrogen-bond acceptors (Lipinski definition) is 2. The molecule has 0 aliphatic heterocycles. The number of rotatable bonds is 2. The second-order valence-corrected chi connectivity index (χ2v) is 6.21. The number of anilines is 1. The van der Waals surface area contributed by atoms with Crippen molar-refractivity contribution < 1.29 is 9.18 Å². The Bertz CT molecular complexity index is 668. The minimum atomic E-state index is -0.531. The van der Waals surface area contributed by atoms with Crippen LogP contribution in [0.4, 0.5) is 10.1 Å². The van der Waals surface area contributed by atoms with E-state index in [-0.39, 0.29) is 10.9 Å². The van der Waals surface area contributed by atoms with Crippen molar-refractivity contribution in [1.29, 1.82) is 0 Å². The normalized spacial score (nSPS) is 13.9. The Morgan fingerprint density at radius 1 is 1.30 bits per heavy atom. The lowest BCUT2D eigenvalue weighted by atomic mass is 9.95. The summed E-state index contributed by atoms with van der Waals surface area (Å²) in [6.07, 6.45) is 4.33. The molecule has 1 aromatic carbocycles. The molecule has 5 heteroatoms. The lowest BCUT2D eigenvalue weighted by Gasteiger charge is -2.12. The Morgan fingerprint density at radius 2 is 2.10 bits per heavy atom. The number of hydrogen-bond donors (Lipinski definition) is 1. The largest absolute Gasteiger partial charge is 0.322 e. The number of nitrogens with one attached hydrogen (secondary N) is 1. The molecule has 3 rings (SSSR count). The minimum absolute atomic E-state index is 0.0518. The molecule has 0 unspecified atom stereocenters. The molecule has 0 spiro atoms. The minimum Gasteiger partial charge on any atom is -0.322 e. The third kappa shape index (κ3) is 2.58. The number of carbonyl (C=O) groups is 1. The van der Waals surface area contributed by atoms with Crippen molar-refractivity contribution >= 4 is 34.5 Å². The summed E-state index contributed by atoms with van der Waals surface area (Å²) in [6.45, 7) is 0. The molecular weight excluding hydrogens is 297 g/mol. The number of fused-ring (bicyclic) bond motifs is 1. The van der Waals surface area contributed by atoms with Crippen molar-refractivity contribution in [3.8, 4) is 0 Å². The fraction of sp³-hybridized carbons (Fsp3) is 0.267. The predicted molar refractivity (Wildman–Crippen MR) is 80.3 cm³/mol. The molecule has 0 atom stereocenters. The van der Waals surface area contributed by atoms with Crippen molar-refractivity contribution in [3.63, 3.8) is 0 Å². The molecule has 0 fully saturated rings. The van der Waals surface area contributed by atoms with Crippen LogP contribution in [-0.2, 0) is 12.8 Å². The standard InChI is InChI=1S/C15H13ClFNOS/c16-12-6-5-9(7-13(12)17)18-15(19)11-8-20-14-4-2-1-3-10(11)14/h5-8H,1-4H2,(H,18,19). The van der Waals surface area contributed by atoms with E-state index < -0.39 is 5.82 Å². The van der Waals surface area contributed by atoms with Gasteiger partial charge in [-0.2, -0.15) is 0 Å². The van der Waals surface area contributed by atoms with Gasteiger partial charge in [-0.25, -0.2) is 4.39 Å². The van der Waals surface area contributed by atoms with Crippen LogP contribution in [0.15, 0.2) is 23.6 Å². The smallest absolute Gasteiger partial charge is 0.256 e. The highest BCUT2D eigenvalue weighted by atomic mass is 35.5. The van der Waals surface area contributed by atoms with Gasteiger partial charge in [-0.05, 0) is 49.4 Å². The first-order chi connectivity index (χ1) is 9.65. The van der Waals surface area contributed by atoms with E-state index in [0.29, 0.717) is 5.69 Å².